The van der Waals surface area contributed by atoms with Crippen LogP contribution >= 0.6 is 0 Å². The number of hydrogen-bond acceptors (Lipinski definition) is 4. The number of ketones is 1. The smallest absolute Gasteiger partial charge is 0.305 e. The summed E-state index contributed by atoms with van der Waals surface area (Å²) in [7, 11) is 0. The molecule has 0 saturated heterocycles. The molecule has 0 unspecified atom stereocenters. The maximum atomic E-state index is 12.6. The molecule has 2 aromatic rings. The first-order valence-corrected chi connectivity index (χ1v) is 8.19. The topological polar surface area (TPSA) is 52.6 Å². The van der Waals surface area contributed by atoms with Crippen molar-refractivity contribution >= 4 is 11.8 Å². The second kappa shape index (κ2) is 9.50. The van der Waals surface area contributed by atoms with Crippen LogP contribution in [0.1, 0.15) is 42.1 Å². The zero-order chi connectivity index (χ0) is 17.2. The van der Waals surface area contributed by atoms with Crippen LogP contribution in [-0.2, 0) is 9.53 Å². The second-order valence-electron chi connectivity index (χ2n) is 5.30. The molecule has 0 atom stereocenters. The van der Waals surface area contributed by atoms with E-state index in [-0.39, 0.29) is 11.8 Å². The van der Waals surface area contributed by atoms with Gasteiger partial charge < -0.3 is 9.47 Å². The van der Waals surface area contributed by atoms with Crippen LogP contribution in [0.2, 0.25) is 0 Å². The molecule has 0 radical (unpaired) electrons. The number of carbonyl (C=O) groups is 2. The second-order valence-corrected chi connectivity index (χ2v) is 5.30. The molecule has 24 heavy (non-hydrogen) atoms. The van der Waals surface area contributed by atoms with Crippen molar-refractivity contribution in [2.45, 2.75) is 26.2 Å². The van der Waals surface area contributed by atoms with E-state index in [1.165, 1.54) is 0 Å². The van der Waals surface area contributed by atoms with Crippen molar-refractivity contribution in [2.24, 2.45) is 0 Å². The summed E-state index contributed by atoms with van der Waals surface area (Å²) in [5.74, 6) is 0.331. The van der Waals surface area contributed by atoms with Crippen LogP contribution in [0.5, 0.6) is 5.75 Å². The van der Waals surface area contributed by atoms with E-state index in [1.807, 2.05) is 30.3 Å². The maximum Gasteiger partial charge on any atom is 0.305 e. The first kappa shape index (κ1) is 17.7. The third-order valence-electron chi connectivity index (χ3n) is 3.51. The minimum atomic E-state index is -0.183. The van der Waals surface area contributed by atoms with Gasteiger partial charge >= 0.3 is 5.97 Å². The molecule has 0 aliphatic heterocycles. The van der Waals surface area contributed by atoms with Gasteiger partial charge in [0, 0.05) is 12.0 Å². The van der Waals surface area contributed by atoms with Crippen LogP contribution in [0.3, 0.4) is 0 Å². The number of benzene rings is 2. The van der Waals surface area contributed by atoms with E-state index in [0.717, 1.165) is 6.42 Å². The fourth-order valence-electron chi connectivity index (χ4n) is 2.31. The molecular weight excluding hydrogens is 304 g/mol. The summed E-state index contributed by atoms with van der Waals surface area (Å²) >= 11 is 0. The Bertz CT molecular complexity index is 664. The van der Waals surface area contributed by atoms with E-state index in [9.17, 15) is 9.59 Å². The maximum absolute atomic E-state index is 12.6. The number of esters is 1. The molecule has 0 aromatic heterocycles. The Labute approximate surface area is 142 Å². The number of ether oxygens (including phenoxy) is 2. The molecule has 4 nitrogen and oxygen atoms in total. The van der Waals surface area contributed by atoms with Crippen LogP contribution in [0, 0.1) is 0 Å². The Hall–Kier alpha value is -2.62. The number of para-hydroxylation sites is 1. The van der Waals surface area contributed by atoms with Crippen LogP contribution in [0.25, 0.3) is 0 Å². The van der Waals surface area contributed by atoms with Crippen molar-refractivity contribution in [2.75, 3.05) is 13.2 Å². The molecule has 0 saturated carbocycles. The lowest BCUT2D eigenvalue weighted by Crippen LogP contribution is -2.07. The zero-order valence-electron chi connectivity index (χ0n) is 13.9. The summed E-state index contributed by atoms with van der Waals surface area (Å²) in [6, 6.07) is 16.4. The van der Waals surface area contributed by atoms with E-state index in [0.29, 0.717) is 42.9 Å². The summed E-state index contributed by atoms with van der Waals surface area (Å²) in [6.45, 7) is 2.66. The fourth-order valence-corrected chi connectivity index (χ4v) is 2.31. The highest BCUT2D eigenvalue weighted by Gasteiger charge is 2.13. The molecule has 126 valence electrons. The number of rotatable bonds is 9. The van der Waals surface area contributed by atoms with Crippen LogP contribution in [-0.4, -0.2) is 25.0 Å². The van der Waals surface area contributed by atoms with Crippen molar-refractivity contribution in [3.05, 3.63) is 65.7 Å². The van der Waals surface area contributed by atoms with Gasteiger partial charge in [-0.1, -0.05) is 42.5 Å². The third-order valence-corrected chi connectivity index (χ3v) is 3.51. The summed E-state index contributed by atoms with van der Waals surface area (Å²) in [4.78, 5) is 23.8. The van der Waals surface area contributed by atoms with Gasteiger partial charge in [-0.15, -0.1) is 0 Å². The standard InChI is InChI=1S/C20H22O4/c1-2-23-19(21)14-8-9-15-24-18-13-7-6-12-17(18)20(22)16-10-4-3-5-11-16/h3-7,10-13H,2,8-9,14-15H2,1H3. The lowest BCUT2D eigenvalue weighted by Gasteiger charge is -2.11. The lowest BCUT2D eigenvalue weighted by molar-refractivity contribution is -0.143. The molecule has 4 heteroatoms. The quantitative estimate of drug-likeness (QED) is 0.396. The van der Waals surface area contributed by atoms with Crippen molar-refractivity contribution in [1.82, 2.24) is 0 Å². The van der Waals surface area contributed by atoms with E-state index < -0.39 is 0 Å². The average molecular weight is 326 g/mol. The summed E-state index contributed by atoms with van der Waals surface area (Å²) in [6.07, 6.45) is 1.82. The monoisotopic (exact) mass is 326 g/mol. The Morgan fingerprint density at radius 3 is 2.38 bits per heavy atom. The predicted octanol–water partition coefficient (Wildman–Crippen LogP) is 4.03. The first-order chi connectivity index (χ1) is 11.7. The molecule has 0 aliphatic carbocycles. The Morgan fingerprint density at radius 2 is 1.62 bits per heavy atom. The Kier molecular flexibility index (Phi) is 7.02. The van der Waals surface area contributed by atoms with Crippen LogP contribution in [0.4, 0.5) is 0 Å². The van der Waals surface area contributed by atoms with Gasteiger partial charge in [-0.3, -0.25) is 9.59 Å². The highest BCUT2D eigenvalue weighted by atomic mass is 16.5. The predicted molar refractivity (Wildman–Crippen MR) is 92.3 cm³/mol. The molecule has 0 N–H and O–H groups in total. The van der Waals surface area contributed by atoms with Crippen LogP contribution in [0.15, 0.2) is 54.6 Å². The zero-order valence-corrected chi connectivity index (χ0v) is 13.9. The molecule has 0 heterocycles. The number of hydrogen-bond donors (Lipinski definition) is 0. The van der Waals surface area contributed by atoms with Gasteiger partial charge in [-0.2, -0.15) is 0 Å². The number of carbonyl (C=O) groups excluding carboxylic acids is 2. The van der Waals surface area contributed by atoms with Crippen molar-refractivity contribution < 1.29 is 19.1 Å². The van der Waals surface area contributed by atoms with E-state index in [2.05, 4.69) is 0 Å². The normalized spacial score (nSPS) is 10.2. The third kappa shape index (κ3) is 5.23. The fraction of sp³-hybridized carbons (Fsp3) is 0.300. The van der Waals surface area contributed by atoms with Crippen molar-refractivity contribution in [1.29, 1.82) is 0 Å². The Balaban J connectivity index is 1.90. The minimum Gasteiger partial charge on any atom is -0.493 e. The first-order valence-electron chi connectivity index (χ1n) is 8.19. The van der Waals surface area contributed by atoms with Gasteiger partial charge in [0.2, 0.25) is 0 Å². The van der Waals surface area contributed by atoms with Crippen molar-refractivity contribution in [3.8, 4) is 5.75 Å². The minimum absolute atomic E-state index is 0.0577. The van der Waals surface area contributed by atoms with E-state index >= 15 is 0 Å². The molecule has 0 spiro atoms. The number of unbranched alkanes of at least 4 members (excludes halogenated alkanes) is 1. The van der Waals surface area contributed by atoms with Crippen LogP contribution < -0.4 is 4.74 Å². The summed E-state index contributed by atoms with van der Waals surface area (Å²) < 4.78 is 10.6. The molecule has 0 aliphatic rings. The molecule has 2 aromatic carbocycles. The van der Waals surface area contributed by atoms with E-state index in [1.54, 1.807) is 31.2 Å². The van der Waals surface area contributed by atoms with Gasteiger partial charge in [0.15, 0.2) is 5.78 Å². The van der Waals surface area contributed by atoms with Crippen molar-refractivity contribution in [3.63, 3.8) is 0 Å². The van der Waals surface area contributed by atoms with Gasteiger partial charge in [-0.05, 0) is 31.9 Å². The molecule has 0 bridgehead atoms. The summed E-state index contributed by atoms with van der Waals surface area (Å²) in [5.41, 5.74) is 1.19. The van der Waals surface area contributed by atoms with Gasteiger partial charge in [-0.25, -0.2) is 0 Å². The molecule has 0 amide bonds. The lowest BCUT2D eigenvalue weighted by atomic mass is 10.0. The molecule has 2 rings (SSSR count). The summed E-state index contributed by atoms with van der Waals surface area (Å²) in [5, 5.41) is 0. The largest absolute Gasteiger partial charge is 0.493 e. The highest BCUT2D eigenvalue weighted by molar-refractivity contribution is 6.10. The Morgan fingerprint density at radius 1 is 0.917 bits per heavy atom. The highest BCUT2D eigenvalue weighted by Crippen LogP contribution is 2.22. The van der Waals surface area contributed by atoms with Gasteiger partial charge in [0.05, 0.1) is 18.8 Å². The van der Waals surface area contributed by atoms with Gasteiger partial charge in [0.25, 0.3) is 0 Å². The van der Waals surface area contributed by atoms with E-state index in [4.69, 9.17) is 9.47 Å². The molecule has 0 fully saturated rings. The van der Waals surface area contributed by atoms with Gasteiger partial charge in [0.1, 0.15) is 5.75 Å². The SMILES string of the molecule is CCOC(=O)CCCCOc1ccccc1C(=O)c1ccccc1. The average Bonchev–Trinajstić information content (AvgIpc) is 2.62. The molecular formula is C20H22O4.